The Morgan fingerprint density at radius 3 is 2.25 bits per heavy atom. The van der Waals surface area contributed by atoms with Gasteiger partial charge in [0, 0.05) is 42.4 Å². The number of piperazine rings is 1. The molecule has 1 aromatic rings. The van der Waals surface area contributed by atoms with Gasteiger partial charge in [-0.05, 0) is 24.6 Å². The van der Waals surface area contributed by atoms with Crippen molar-refractivity contribution < 1.29 is 5.11 Å². The lowest BCUT2D eigenvalue weighted by Gasteiger charge is -2.35. The Kier molecular flexibility index (Phi) is 5.90. The molecule has 0 amide bonds. The third kappa shape index (κ3) is 4.22. The molecule has 4 heteroatoms. The van der Waals surface area contributed by atoms with Gasteiger partial charge in [0.25, 0.3) is 0 Å². The molecular formula is C16H26N2OS. The Morgan fingerprint density at radius 1 is 1.10 bits per heavy atom. The summed E-state index contributed by atoms with van der Waals surface area (Å²) in [7, 11) is 0. The van der Waals surface area contributed by atoms with E-state index in [1.165, 1.54) is 4.90 Å². The SMILES string of the molecule is CC(C)Sc1ccc(C(O)C(C)N2CCNCC2)cc1. The maximum Gasteiger partial charge on any atom is 0.0942 e. The van der Waals surface area contributed by atoms with Gasteiger partial charge in [-0.25, -0.2) is 0 Å². The van der Waals surface area contributed by atoms with E-state index in [1.54, 1.807) is 0 Å². The van der Waals surface area contributed by atoms with Gasteiger partial charge < -0.3 is 10.4 Å². The molecule has 1 aromatic carbocycles. The van der Waals surface area contributed by atoms with E-state index in [1.807, 2.05) is 11.8 Å². The number of rotatable bonds is 5. The van der Waals surface area contributed by atoms with Gasteiger partial charge in [-0.3, -0.25) is 4.90 Å². The van der Waals surface area contributed by atoms with E-state index in [-0.39, 0.29) is 6.04 Å². The quantitative estimate of drug-likeness (QED) is 0.818. The number of aliphatic hydroxyl groups is 1. The molecule has 0 saturated carbocycles. The van der Waals surface area contributed by atoms with Crippen molar-refractivity contribution in [2.75, 3.05) is 26.2 Å². The van der Waals surface area contributed by atoms with Gasteiger partial charge in [0.15, 0.2) is 0 Å². The van der Waals surface area contributed by atoms with E-state index in [9.17, 15) is 5.11 Å². The molecule has 1 heterocycles. The van der Waals surface area contributed by atoms with E-state index < -0.39 is 6.10 Å². The molecule has 1 aliphatic heterocycles. The highest BCUT2D eigenvalue weighted by atomic mass is 32.2. The molecular weight excluding hydrogens is 268 g/mol. The van der Waals surface area contributed by atoms with Gasteiger partial charge >= 0.3 is 0 Å². The van der Waals surface area contributed by atoms with Crippen LogP contribution in [0.1, 0.15) is 32.4 Å². The summed E-state index contributed by atoms with van der Waals surface area (Å²) in [6.45, 7) is 10.6. The fourth-order valence-electron chi connectivity index (χ4n) is 2.58. The summed E-state index contributed by atoms with van der Waals surface area (Å²) < 4.78 is 0. The summed E-state index contributed by atoms with van der Waals surface area (Å²) in [4.78, 5) is 3.63. The molecule has 1 saturated heterocycles. The monoisotopic (exact) mass is 294 g/mol. The first kappa shape index (κ1) is 15.8. The minimum Gasteiger partial charge on any atom is -0.387 e. The third-order valence-corrected chi connectivity index (χ3v) is 4.79. The Bertz CT molecular complexity index is 401. The molecule has 2 atom stereocenters. The zero-order valence-electron chi connectivity index (χ0n) is 12.7. The molecule has 0 aliphatic carbocycles. The van der Waals surface area contributed by atoms with Crippen LogP contribution in [0, 0.1) is 0 Å². The van der Waals surface area contributed by atoms with Crippen molar-refractivity contribution in [2.24, 2.45) is 0 Å². The first-order chi connectivity index (χ1) is 9.58. The van der Waals surface area contributed by atoms with Crippen molar-refractivity contribution in [2.45, 2.75) is 43.1 Å². The number of thioether (sulfide) groups is 1. The Hall–Kier alpha value is -0.550. The minimum atomic E-state index is -0.411. The van der Waals surface area contributed by atoms with Crippen molar-refractivity contribution >= 4 is 11.8 Å². The van der Waals surface area contributed by atoms with Gasteiger partial charge in [-0.15, -0.1) is 11.8 Å². The first-order valence-corrected chi connectivity index (χ1v) is 8.35. The van der Waals surface area contributed by atoms with Crippen LogP contribution in [0.4, 0.5) is 0 Å². The van der Waals surface area contributed by atoms with Crippen LogP contribution >= 0.6 is 11.8 Å². The number of hydrogen-bond acceptors (Lipinski definition) is 4. The number of aliphatic hydroxyl groups excluding tert-OH is 1. The lowest BCUT2D eigenvalue weighted by Crippen LogP contribution is -2.49. The molecule has 0 spiro atoms. The summed E-state index contributed by atoms with van der Waals surface area (Å²) in [6.07, 6.45) is -0.411. The molecule has 1 fully saturated rings. The van der Waals surface area contributed by atoms with Crippen LogP contribution in [0.25, 0.3) is 0 Å². The maximum atomic E-state index is 10.5. The summed E-state index contributed by atoms with van der Waals surface area (Å²) in [6, 6.07) is 8.53. The van der Waals surface area contributed by atoms with Crippen molar-refractivity contribution in [1.82, 2.24) is 10.2 Å². The van der Waals surface area contributed by atoms with E-state index >= 15 is 0 Å². The minimum absolute atomic E-state index is 0.167. The van der Waals surface area contributed by atoms with Crippen LogP contribution in [0.5, 0.6) is 0 Å². The summed E-state index contributed by atoms with van der Waals surface area (Å²) in [5.41, 5.74) is 1.02. The van der Waals surface area contributed by atoms with Gasteiger partial charge in [-0.2, -0.15) is 0 Å². The van der Waals surface area contributed by atoms with Crippen LogP contribution in [0.3, 0.4) is 0 Å². The average molecular weight is 294 g/mol. The number of benzene rings is 1. The van der Waals surface area contributed by atoms with Crippen molar-refractivity contribution in [3.8, 4) is 0 Å². The number of hydrogen-bond donors (Lipinski definition) is 2. The molecule has 0 bridgehead atoms. The highest BCUT2D eigenvalue weighted by Gasteiger charge is 2.24. The molecule has 2 rings (SSSR count). The first-order valence-electron chi connectivity index (χ1n) is 7.47. The lowest BCUT2D eigenvalue weighted by molar-refractivity contribution is 0.0510. The van der Waals surface area contributed by atoms with Crippen molar-refractivity contribution in [3.05, 3.63) is 29.8 Å². The standard InChI is InChI=1S/C16H26N2OS/c1-12(2)20-15-6-4-14(5-7-15)16(19)13(3)18-10-8-17-9-11-18/h4-7,12-13,16-17,19H,8-11H2,1-3H3. The lowest BCUT2D eigenvalue weighted by atomic mass is 10.0. The van der Waals surface area contributed by atoms with Crippen LogP contribution in [-0.4, -0.2) is 47.5 Å². The van der Waals surface area contributed by atoms with Crippen molar-refractivity contribution in [1.29, 1.82) is 0 Å². The zero-order valence-corrected chi connectivity index (χ0v) is 13.5. The van der Waals surface area contributed by atoms with E-state index in [0.29, 0.717) is 5.25 Å². The second-order valence-electron chi connectivity index (χ2n) is 5.71. The smallest absolute Gasteiger partial charge is 0.0942 e. The third-order valence-electron chi connectivity index (χ3n) is 3.78. The fraction of sp³-hybridized carbons (Fsp3) is 0.625. The normalized spacial score (nSPS) is 20.1. The summed E-state index contributed by atoms with van der Waals surface area (Å²) >= 11 is 1.85. The summed E-state index contributed by atoms with van der Waals surface area (Å²) in [5, 5.41) is 14.5. The second-order valence-corrected chi connectivity index (χ2v) is 7.36. The number of nitrogens with one attached hydrogen (secondary N) is 1. The second kappa shape index (κ2) is 7.46. The van der Waals surface area contributed by atoms with Crippen LogP contribution in [0.15, 0.2) is 29.2 Å². The molecule has 2 N–H and O–H groups in total. The molecule has 1 aliphatic rings. The maximum absolute atomic E-state index is 10.5. The van der Waals surface area contributed by atoms with Crippen LogP contribution in [0.2, 0.25) is 0 Å². The highest BCUT2D eigenvalue weighted by Crippen LogP contribution is 2.26. The molecule has 112 valence electrons. The van der Waals surface area contributed by atoms with E-state index in [4.69, 9.17) is 0 Å². The Balaban J connectivity index is 1.98. The zero-order chi connectivity index (χ0) is 14.5. The van der Waals surface area contributed by atoms with Crippen LogP contribution in [-0.2, 0) is 0 Å². The molecule has 0 radical (unpaired) electrons. The number of nitrogens with zero attached hydrogens (tertiary/aromatic N) is 1. The average Bonchev–Trinajstić information content (AvgIpc) is 2.47. The largest absolute Gasteiger partial charge is 0.387 e. The molecule has 2 unspecified atom stereocenters. The van der Waals surface area contributed by atoms with Crippen molar-refractivity contribution in [3.63, 3.8) is 0 Å². The summed E-state index contributed by atoms with van der Waals surface area (Å²) in [5.74, 6) is 0. The molecule has 3 nitrogen and oxygen atoms in total. The van der Waals surface area contributed by atoms with Gasteiger partial charge in [0.05, 0.1) is 6.10 Å². The van der Waals surface area contributed by atoms with E-state index in [2.05, 4.69) is 55.3 Å². The predicted molar refractivity (Wildman–Crippen MR) is 86.3 cm³/mol. The molecule has 0 aromatic heterocycles. The van der Waals surface area contributed by atoms with Gasteiger partial charge in [0.1, 0.15) is 0 Å². The topological polar surface area (TPSA) is 35.5 Å². The Morgan fingerprint density at radius 2 is 1.70 bits per heavy atom. The van der Waals surface area contributed by atoms with E-state index in [0.717, 1.165) is 31.7 Å². The van der Waals surface area contributed by atoms with Gasteiger partial charge in [-0.1, -0.05) is 26.0 Å². The highest BCUT2D eigenvalue weighted by molar-refractivity contribution is 7.99. The fourth-order valence-corrected chi connectivity index (χ4v) is 3.42. The molecule has 20 heavy (non-hydrogen) atoms. The Labute approximate surface area is 126 Å². The van der Waals surface area contributed by atoms with Gasteiger partial charge in [0.2, 0.25) is 0 Å². The van der Waals surface area contributed by atoms with Crippen LogP contribution < -0.4 is 5.32 Å². The predicted octanol–water partition coefficient (Wildman–Crippen LogP) is 2.51.